The highest BCUT2D eigenvalue weighted by molar-refractivity contribution is 5.93. The van der Waals surface area contributed by atoms with Crippen LogP contribution in [0.4, 0.5) is 11.5 Å². The molecule has 2 aromatic carbocycles. The molecule has 1 aromatic heterocycles. The minimum Gasteiger partial charge on any atom is -0.497 e. The molecule has 0 saturated carbocycles. The van der Waals surface area contributed by atoms with Crippen LogP contribution >= 0.6 is 0 Å². The Hall–Kier alpha value is -3.41. The van der Waals surface area contributed by atoms with Gasteiger partial charge in [-0.3, -0.25) is 4.79 Å². The molecule has 1 amide bonds. The lowest BCUT2D eigenvalue weighted by atomic mass is 10.2. The summed E-state index contributed by atoms with van der Waals surface area (Å²) in [5.41, 5.74) is 2.34. The smallest absolute Gasteiger partial charge is 0.270 e. The topological polar surface area (TPSA) is 67.4 Å². The van der Waals surface area contributed by atoms with Crippen LogP contribution in [-0.2, 0) is 6.54 Å². The number of benzene rings is 2. The third-order valence-corrected chi connectivity index (χ3v) is 4.16. The highest BCUT2D eigenvalue weighted by atomic mass is 16.5. The van der Waals surface area contributed by atoms with Gasteiger partial charge in [-0.05, 0) is 36.8 Å². The standard InChI is InChI=1S/C21H22N4O2/c1-3-25(17-7-5-4-6-8-17)20-13-19(23-15-24-20)21(26)22-14-16-9-11-18(27-2)12-10-16/h4-13,15H,3,14H2,1-2H3,(H,22,26). The molecule has 0 bridgehead atoms. The average molecular weight is 362 g/mol. The van der Waals surface area contributed by atoms with Crippen LogP contribution in [0.1, 0.15) is 23.0 Å². The molecular formula is C21H22N4O2. The summed E-state index contributed by atoms with van der Waals surface area (Å²) in [5, 5.41) is 2.89. The quantitative estimate of drug-likeness (QED) is 0.696. The number of ether oxygens (including phenoxy) is 1. The van der Waals surface area contributed by atoms with Crippen LogP contribution in [0.2, 0.25) is 0 Å². The van der Waals surface area contributed by atoms with Gasteiger partial charge >= 0.3 is 0 Å². The molecule has 138 valence electrons. The Morgan fingerprint density at radius 3 is 2.48 bits per heavy atom. The average Bonchev–Trinajstić information content (AvgIpc) is 2.74. The summed E-state index contributed by atoms with van der Waals surface area (Å²) < 4.78 is 5.14. The molecule has 3 aromatic rings. The molecule has 1 N–H and O–H groups in total. The first-order chi connectivity index (χ1) is 13.2. The zero-order valence-electron chi connectivity index (χ0n) is 15.4. The fourth-order valence-electron chi connectivity index (χ4n) is 2.72. The van der Waals surface area contributed by atoms with Gasteiger partial charge in [-0.15, -0.1) is 0 Å². The lowest BCUT2D eigenvalue weighted by molar-refractivity contribution is 0.0946. The molecule has 0 atom stereocenters. The Morgan fingerprint density at radius 2 is 1.81 bits per heavy atom. The van der Waals surface area contributed by atoms with E-state index in [1.807, 2.05) is 66.4 Å². The summed E-state index contributed by atoms with van der Waals surface area (Å²) in [5.74, 6) is 1.23. The molecule has 6 heteroatoms. The Kier molecular flexibility index (Phi) is 5.99. The van der Waals surface area contributed by atoms with Gasteiger partial charge in [-0.2, -0.15) is 0 Å². The van der Waals surface area contributed by atoms with Crippen LogP contribution in [-0.4, -0.2) is 29.5 Å². The first-order valence-electron chi connectivity index (χ1n) is 8.77. The summed E-state index contributed by atoms with van der Waals surface area (Å²) in [6.07, 6.45) is 1.42. The maximum Gasteiger partial charge on any atom is 0.270 e. The number of methoxy groups -OCH3 is 1. The van der Waals surface area contributed by atoms with E-state index in [9.17, 15) is 4.79 Å². The van der Waals surface area contributed by atoms with E-state index in [-0.39, 0.29) is 5.91 Å². The predicted molar refractivity (Wildman–Crippen MR) is 105 cm³/mol. The molecule has 0 spiro atoms. The number of aromatic nitrogens is 2. The first kappa shape index (κ1) is 18.4. The van der Waals surface area contributed by atoms with Crippen LogP contribution in [0.3, 0.4) is 0 Å². The van der Waals surface area contributed by atoms with E-state index in [1.165, 1.54) is 6.33 Å². The number of amides is 1. The number of rotatable bonds is 7. The Balaban J connectivity index is 1.71. The monoisotopic (exact) mass is 362 g/mol. The van der Waals surface area contributed by atoms with Crippen molar-refractivity contribution in [2.45, 2.75) is 13.5 Å². The van der Waals surface area contributed by atoms with Crippen molar-refractivity contribution in [1.82, 2.24) is 15.3 Å². The fourth-order valence-corrected chi connectivity index (χ4v) is 2.72. The van der Waals surface area contributed by atoms with E-state index < -0.39 is 0 Å². The maximum absolute atomic E-state index is 12.5. The van der Waals surface area contributed by atoms with Gasteiger partial charge in [0.05, 0.1) is 7.11 Å². The molecule has 0 saturated heterocycles. The van der Waals surface area contributed by atoms with Gasteiger partial charge in [0.25, 0.3) is 5.91 Å². The minimum absolute atomic E-state index is 0.237. The SMILES string of the molecule is CCN(c1ccccc1)c1cc(C(=O)NCc2ccc(OC)cc2)ncn1. The lowest BCUT2D eigenvalue weighted by Crippen LogP contribution is -2.25. The van der Waals surface area contributed by atoms with Crippen molar-refractivity contribution in [3.63, 3.8) is 0 Å². The predicted octanol–water partition coefficient (Wildman–Crippen LogP) is 3.57. The summed E-state index contributed by atoms with van der Waals surface area (Å²) >= 11 is 0. The maximum atomic E-state index is 12.5. The van der Waals surface area contributed by atoms with Crippen molar-refractivity contribution in [3.8, 4) is 5.75 Å². The largest absolute Gasteiger partial charge is 0.497 e. The van der Waals surface area contributed by atoms with Gasteiger partial charge in [-0.25, -0.2) is 9.97 Å². The van der Waals surface area contributed by atoms with Crippen molar-refractivity contribution < 1.29 is 9.53 Å². The molecule has 27 heavy (non-hydrogen) atoms. The molecule has 0 aliphatic heterocycles. The number of para-hydroxylation sites is 1. The van der Waals surface area contributed by atoms with Crippen LogP contribution in [0, 0.1) is 0 Å². The van der Waals surface area contributed by atoms with Crippen LogP contribution in [0.25, 0.3) is 0 Å². The second kappa shape index (κ2) is 8.80. The summed E-state index contributed by atoms with van der Waals surface area (Å²) in [7, 11) is 1.62. The zero-order chi connectivity index (χ0) is 19.1. The third-order valence-electron chi connectivity index (χ3n) is 4.16. The van der Waals surface area contributed by atoms with Crippen molar-refractivity contribution >= 4 is 17.4 Å². The van der Waals surface area contributed by atoms with Gasteiger partial charge in [0.1, 0.15) is 23.6 Å². The van der Waals surface area contributed by atoms with E-state index in [0.29, 0.717) is 18.1 Å². The number of nitrogens with one attached hydrogen (secondary N) is 1. The zero-order valence-corrected chi connectivity index (χ0v) is 15.4. The van der Waals surface area contributed by atoms with Gasteiger partial charge in [-0.1, -0.05) is 30.3 Å². The van der Waals surface area contributed by atoms with Gasteiger partial charge in [0.2, 0.25) is 0 Å². The van der Waals surface area contributed by atoms with Crippen molar-refractivity contribution in [2.24, 2.45) is 0 Å². The van der Waals surface area contributed by atoms with Crippen LogP contribution in [0.5, 0.6) is 5.75 Å². The van der Waals surface area contributed by atoms with Gasteiger partial charge < -0.3 is 15.0 Å². The molecule has 6 nitrogen and oxygen atoms in total. The van der Waals surface area contributed by atoms with E-state index in [1.54, 1.807) is 13.2 Å². The van der Waals surface area contributed by atoms with Crippen LogP contribution < -0.4 is 15.0 Å². The highest BCUT2D eigenvalue weighted by Crippen LogP contribution is 2.22. The molecule has 0 radical (unpaired) electrons. The Labute approximate surface area is 158 Å². The Bertz CT molecular complexity index is 882. The van der Waals surface area contributed by atoms with E-state index >= 15 is 0 Å². The third kappa shape index (κ3) is 4.61. The molecule has 0 unspecified atom stereocenters. The second-order valence-corrected chi connectivity index (χ2v) is 5.87. The second-order valence-electron chi connectivity index (χ2n) is 5.87. The molecule has 3 rings (SSSR count). The lowest BCUT2D eigenvalue weighted by Gasteiger charge is -2.22. The van der Waals surface area contributed by atoms with E-state index in [4.69, 9.17) is 4.74 Å². The van der Waals surface area contributed by atoms with E-state index in [2.05, 4.69) is 15.3 Å². The number of anilines is 2. The van der Waals surface area contributed by atoms with Gasteiger partial charge in [0.15, 0.2) is 0 Å². The Morgan fingerprint density at radius 1 is 1.07 bits per heavy atom. The molecule has 1 heterocycles. The number of hydrogen-bond donors (Lipinski definition) is 1. The normalized spacial score (nSPS) is 10.3. The van der Waals surface area contributed by atoms with E-state index in [0.717, 1.165) is 23.5 Å². The van der Waals surface area contributed by atoms with Crippen molar-refractivity contribution in [2.75, 3.05) is 18.6 Å². The summed E-state index contributed by atoms with van der Waals surface area (Å²) in [6.45, 7) is 3.19. The summed E-state index contributed by atoms with van der Waals surface area (Å²) in [4.78, 5) is 23.0. The number of carbonyl (C=O) groups excluding carboxylic acids is 1. The van der Waals surface area contributed by atoms with Gasteiger partial charge in [0, 0.05) is 24.8 Å². The summed E-state index contributed by atoms with van der Waals surface area (Å²) in [6, 6.07) is 19.2. The fraction of sp³-hybridized carbons (Fsp3) is 0.190. The number of carbonyl (C=O) groups is 1. The van der Waals surface area contributed by atoms with Crippen molar-refractivity contribution in [3.05, 3.63) is 78.2 Å². The van der Waals surface area contributed by atoms with Crippen molar-refractivity contribution in [1.29, 1.82) is 0 Å². The molecule has 0 aliphatic carbocycles. The molecular weight excluding hydrogens is 340 g/mol. The first-order valence-corrected chi connectivity index (χ1v) is 8.77. The molecule has 0 fully saturated rings. The van der Waals surface area contributed by atoms with Crippen LogP contribution in [0.15, 0.2) is 67.0 Å². The number of hydrogen-bond acceptors (Lipinski definition) is 5. The number of nitrogens with zero attached hydrogens (tertiary/aromatic N) is 3. The highest BCUT2D eigenvalue weighted by Gasteiger charge is 2.13. The molecule has 0 aliphatic rings. The minimum atomic E-state index is -0.237.